The van der Waals surface area contributed by atoms with Gasteiger partial charge in [-0.05, 0) is 71.5 Å². The van der Waals surface area contributed by atoms with Crippen molar-refractivity contribution in [2.75, 3.05) is 7.11 Å². The van der Waals surface area contributed by atoms with Crippen LogP contribution in [0.3, 0.4) is 0 Å². The van der Waals surface area contributed by atoms with Gasteiger partial charge in [0.15, 0.2) is 0 Å². The normalized spacial score (nSPS) is 13.6. The summed E-state index contributed by atoms with van der Waals surface area (Å²) in [5.74, 6) is 0.366. The van der Waals surface area contributed by atoms with Crippen molar-refractivity contribution in [2.45, 2.75) is 19.4 Å². The summed E-state index contributed by atoms with van der Waals surface area (Å²) >= 11 is 0. The van der Waals surface area contributed by atoms with Gasteiger partial charge in [0.25, 0.3) is 5.69 Å². The van der Waals surface area contributed by atoms with E-state index in [1.54, 1.807) is 19.2 Å². The summed E-state index contributed by atoms with van der Waals surface area (Å²) in [6.07, 6.45) is 3.56. The van der Waals surface area contributed by atoms with Gasteiger partial charge in [-0.2, -0.15) is 0 Å². The van der Waals surface area contributed by atoms with Gasteiger partial charge in [-0.3, -0.25) is 10.1 Å². The minimum Gasteiger partial charge on any atom is -0.497 e. The van der Waals surface area contributed by atoms with Gasteiger partial charge in [0.2, 0.25) is 0 Å². The molecule has 0 atom stereocenters. The maximum absolute atomic E-state index is 13.3. The van der Waals surface area contributed by atoms with Crippen LogP contribution in [0.25, 0.3) is 22.6 Å². The van der Waals surface area contributed by atoms with Crippen molar-refractivity contribution in [3.05, 3.63) is 111 Å². The van der Waals surface area contributed by atoms with Crippen LogP contribution in [0.4, 0.5) is 5.69 Å². The maximum Gasteiger partial charge on any atom is 0.339 e. The zero-order chi connectivity index (χ0) is 24.4. The van der Waals surface area contributed by atoms with Crippen LogP contribution in [0.15, 0.2) is 72.8 Å². The number of hydrogen-bond acceptors (Lipinski definition) is 6. The largest absolute Gasteiger partial charge is 0.497 e. The maximum atomic E-state index is 13.3. The van der Waals surface area contributed by atoms with E-state index in [0.29, 0.717) is 17.5 Å². The molecule has 7 heteroatoms. The number of nitro benzene ring substituents is 1. The number of rotatable bonds is 6. The molecule has 1 aromatic heterocycles. The summed E-state index contributed by atoms with van der Waals surface area (Å²) in [4.78, 5) is 28.6. The molecule has 0 N–H and O–H groups in total. The number of nitrogens with zero attached hydrogens (tertiary/aromatic N) is 2. The molecule has 1 aliphatic rings. The summed E-state index contributed by atoms with van der Waals surface area (Å²) in [7, 11) is 1.64. The Balaban J connectivity index is 1.48. The first kappa shape index (κ1) is 22.3. The Kier molecular flexibility index (Phi) is 5.97. The third kappa shape index (κ3) is 4.48. The minimum atomic E-state index is -0.459. The van der Waals surface area contributed by atoms with E-state index in [1.165, 1.54) is 12.1 Å². The van der Waals surface area contributed by atoms with E-state index in [-0.39, 0.29) is 12.3 Å². The number of hydrogen-bond donors (Lipinski definition) is 0. The fourth-order valence-electron chi connectivity index (χ4n) is 4.35. The van der Waals surface area contributed by atoms with E-state index < -0.39 is 10.9 Å². The highest BCUT2D eigenvalue weighted by atomic mass is 16.6. The molecule has 0 bridgehead atoms. The van der Waals surface area contributed by atoms with Crippen LogP contribution in [0.5, 0.6) is 5.75 Å². The fourth-order valence-corrected chi connectivity index (χ4v) is 4.35. The molecule has 4 aromatic rings. The van der Waals surface area contributed by atoms with Crippen LogP contribution in [0.1, 0.15) is 39.2 Å². The number of esters is 1. The summed E-state index contributed by atoms with van der Waals surface area (Å²) in [5, 5.41) is 11.6. The Morgan fingerprint density at radius 3 is 2.49 bits per heavy atom. The summed E-state index contributed by atoms with van der Waals surface area (Å²) in [5.41, 5.74) is 5.75. The van der Waals surface area contributed by atoms with Gasteiger partial charge in [-0.25, -0.2) is 9.78 Å². The van der Waals surface area contributed by atoms with Crippen molar-refractivity contribution in [3.8, 4) is 5.75 Å². The lowest BCUT2D eigenvalue weighted by atomic mass is 10.0. The molecular weight excluding hydrogens is 444 g/mol. The molecule has 5 rings (SSSR count). The Morgan fingerprint density at radius 2 is 1.77 bits per heavy atom. The van der Waals surface area contributed by atoms with Gasteiger partial charge in [-0.15, -0.1) is 0 Å². The second kappa shape index (κ2) is 9.38. The molecule has 1 aliphatic carbocycles. The standard InChI is InChI=1S/C28H22N2O5/c1-34-22-13-8-18(9-14-22)16-20-10-15-24-26(23-4-2-3-5-25(23)29-27(20)24)28(31)35-17-19-6-11-21(12-7-19)30(32)33/h2-9,11-14,16H,10,15,17H2,1H3. The van der Waals surface area contributed by atoms with E-state index in [9.17, 15) is 14.9 Å². The zero-order valence-electron chi connectivity index (χ0n) is 19.1. The van der Waals surface area contributed by atoms with Gasteiger partial charge in [0, 0.05) is 17.5 Å². The van der Waals surface area contributed by atoms with E-state index in [2.05, 4.69) is 6.08 Å². The van der Waals surface area contributed by atoms with Crippen molar-refractivity contribution in [2.24, 2.45) is 0 Å². The van der Waals surface area contributed by atoms with Gasteiger partial charge in [0.1, 0.15) is 12.4 Å². The first-order chi connectivity index (χ1) is 17.0. The van der Waals surface area contributed by atoms with Crippen LogP contribution in [0, 0.1) is 10.1 Å². The second-order valence-corrected chi connectivity index (χ2v) is 8.27. The average molecular weight is 466 g/mol. The summed E-state index contributed by atoms with van der Waals surface area (Å²) in [6, 6.07) is 21.4. The third-order valence-corrected chi connectivity index (χ3v) is 6.12. The number of nitro groups is 1. The monoisotopic (exact) mass is 466 g/mol. The molecule has 35 heavy (non-hydrogen) atoms. The van der Waals surface area contributed by atoms with Crippen molar-refractivity contribution in [1.29, 1.82) is 0 Å². The number of pyridine rings is 1. The molecule has 3 aromatic carbocycles. The molecule has 7 nitrogen and oxygen atoms in total. The number of ether oxygens (including phenoxy) is 2. The highest BCUT2D eigenvalue weighted by Crippen LogP contribution is 2.38. The number of para-hydroxylation sites is 1. The molecule has 0 saturated heterocycles. The molecule has 0 aliphatic heterocycles. The molecular formula is C28H22N2O5. The first-order valence-corrected chi connectivity index (χ1v) is 11.2. The average Bonchev–Trinajstić information content (AvgIpc) is 3.28. The number of carbonyl (C=O) groups excluding carboxylic acids is 1. The third-order valence-electron chi connectivity index (χ3n) is 6.12. The molecule has 0 amide bonds. The van der Waals surface area contributed by atoms with E-state index in [1.807, 2.05) is 48.5 Å². The predicted octanol–water partition coefficient (Wildman–Crippen LogP) is 6.00. The lowest BCUT2D eigenvalue weighted by Gasteiger charge is -2.12. The highest BCUT2D eigenvalue weighted by Gasteiger charge is 2.27. The van der Waals surface area contributed by atoms with Crippen molar-refractivity contribution < 1.29 is 19.2 Å². The van der Waals surface area contributed by atoms with E-state index in [0.717, 1.165) is 45.5 Å². The second-order valence-electron chi connectivity index (χ2n) is 8.27. The molecule has 0 saturated carbocycles. The van der Waals surface area contributed by atoms with Crippen molar-refractivity contribution in [1.82, 2.24) is 4.98 Å². The molecule has 0 unspecified atom stereocenters. The molecule has 0 spiro atoms. The lowest BCUT2D eigenvalue weighted by molar-refractivity contribution is -0.384. The van der Waals surface area contributed by atoms with E-state index >= 15 is 0 Å². The molecule has 0 radical (unpaired) electrons. The summed E-state index contributed by atoms with van der Waals surface area (Å²) in [6.45, 7) is 0.0246. The first-order valence-electron chi connectivity index (χ1n) is 11.2. The van der Waals surface area contributed by atoms with Crippen molar-refractivity contribution in [3.63, 3.8) is 0 Å². The van der Waals surface area contributed by atoms with Gasteiger partial charge in [-0.1, -0.05) is 30.3 Å². The van der Waals surface area contributed by atoms with Crippen LogP contribution in [0.2, 0.25) is 0 Å². The number of non-ortho nitro benzene ring substituents is 1. The number of methoxy groups -OCH3 is 1. The van der Waals surface area contributed by atoms with Crippen molar-refractivity contribution >= 4 is 34.2 Å². The van der Waals surface area contributed by atoms with Crippen LogP contribution in [-0.2, 0) is 17.8 Å². The van der Waals surface area contributed by atoms with Gasteiger partial charge >= 0.3 is 5.97 Å². The molecule has 174 valence electrons. The molecule has 1 heterocycles. The summed E-state index contributed by atoms with van der Waals surface area (Å²) < 4.78 is 10.9. The van der Waals surface area contributed by atoms with Crippen LogP contribution < -0.4 is 4.74 Å². The number of aromatic nitrogens is 1. The van der Waals surface area contributed by atoms with Gasteiger partial charge < -0.3 is 9.47 Å². The topological polar surface area (TPSA) is 91.6 Å². The Labute approximate surface area is 201 Å². The lowest BCUT2D eigenvalue weighted by Crippen LogP contribution is -2.10. The van der Waals surface area contributed by atoms with Crippen LogP contribution >= 0.6 is 0 Å². The number of carbonyl (C=O) groups is 1. The smallest absolute Gasteiger partial charge is 0.339 e. The Bertz CT molecular complexity index is 1460. The SMILES string of the molecule is COc1ccc(C=C2CCc3c2nc2ccccc2c3C(=O)OCc2ccc([N+](=O)[O-])cc2)cc1. The minimum absolute atomic E-state index is 0.00537. The molecule has 0 fully saturated rings. The Hall–Kier alpha value is -4.52. The fraction of sp³-hybridized carbons (Fsp3) is 0.143. The number of benzene rings is 3. The van der Waals surface area contributed by atoms with Gasteiger partial charge in [0.05, 0.1) is 28.8 Å². The number of fused-ring (bicyclic) bond motifs is 2. The number of allylic oxidation sites excluding steroid dienone is 1. The highest BCUT2D eigenvalue weighted by molar-refractivity contribution is 6.07. The van der Waals surface area contributed by atoms with E-state index in [4.69, 9.17) is 14.5 Å². The Morgan fingerprint density at radius 1 is 1.03 bits per heavy atom. The predicted molar refractivity (Wildman–Crippen MR) is 133 cm³/mol. The quantitative estimate of drug-likeness (QED) is 0.197. The van der Waals surface area contributed by atoms with Crippen LogP contribution in [-0.4, -0.2) is 23.0 Å². The zero-order valence-corrected chi connectivity index (χ0v) is 19.1.